The van der Waals surface area contributed by atoms with Crippen LogP contribution in [-0.2, 0) is 14.8 Å². The largest absolute Gasteiger partial charge is 0.300 e. The highest BCUT2D eigenvalue weighted by molar-refractivity contribution is 7.88. The second-order valence-electron chi connectivity index (χ2n) is 5.25. The van der Waals surface area contributed by atoms with Crippen molar-refractivity contribution in [3.8, 4) is 0 Å². The van der Waals surface area contributed by atoms with Crippen molar-refractivity contribution in [3.05, 3.63) is 0 Å². The van der Waals surface area contributed by atoms with Gasteiger partial charge in [0, 0.05) is 25.4 Å². The molecule has 0 aromatic rings. The molecule has 0 bridgehead atoms. The third-order valence-electron chi connectivity index (χ3n) is 2.81. The molecule has 15 heavy (non-hydrogen) atoms. The Balaban J connectivity index is 3.00. The summed E-state index contributed by atoms with van der Waals surface area (Å²) in [5, 5.41) is 0. The van der Waals surface area contributed by atoms with Crippen LogP contribution in [0, 0.1) is 5.41 Å². The minimum Gasteiger partial charge on any atom is -0.300 e. The molecule has 1 atom stereocenters. The molecule has 0 amide bonds. The third kappa shape index (κ3) is 3.01. The summed E-state index contributed by atoms with van der Waals surface area (Å²) < 4.78 is 24.6. The van der Waals surface area contributed by atoms with E-state index in [2.05, 4.69) is 0 Å². The molecule has 1 heterocycles. The first-order chi connectivity index (χ1) is 6.62. The van der Waals surface area contributed by atoms with E-state index < -0.39 is 10.0 Å². The second-order valence-corrected chi connectivity index (χ2v) is 7.18. The molecule has 1 aliphatic heterocycles. The molecule has 0 aromatic heterocycles. The molecule has 1 aliphatic rings. The maximum absolute atomic E-state index is 11.6. The van der Waals surface area contributed by atoms with E-state index in [0.29, 0.717) is 19.4 Å². The number of carbonyl (C=O) groups excluding carboxylic acids is 1. The standard InChI is InChI=1S/C10H19NO3S/c1-10(2,3)9-7-8(12)5-6-11(9)15(4,13)14/h9H,5-7H2,1-4H3. The number of rotatable bonds is 1. The molecule has 0 spiro atoms. The minimum atomic E-state index is -3.20. The zero-order valence-electron chi connectivity index (χ0n) is 9.78. The summed E-state index contributed by atoms with van der Waals surface area (Å²) in [5.74, 6) is 0.162. The van der Waals surface area contributed by atoms with Gasteiger partial charge in [0.15, 0.2) is 0 Å². The summed E-state index contributed by atoms with van der Waals surface area (Å²) in [7, 11) is -3.20. The Morgan fingerprint density at radius 1 is 1.33 bits per heavy atom. The van der Waals surface area contributed by atoms with Gasteiger partial charge < -0.3 is 0 Å². The number of ketones is 1. The Hall–Kier alpha value is -0.420. The summed E-state index contributed by atoms with van der Waals surface area (Å²) in [5.41, 5.74) is -0.195. The van der Waals surface area contributed by atoms with Crippen molar-refractivity contribution in [2.75, 3.05) is 12.8 Å². The lowest BCUT2D eigenvalue weighted by molar-refractivity contribution is -0.123. The fourth-order valence-electron chi connectivity index (χ4n) is 1.95. The summed E-state index contributed by atoms with van der Waals surface area (Å²) in [4.78, 5) is 11.4. The molecule has 1 fully saturated rings. The SMILES string of the molecule is CC(C)(C)C1CC(=O)CCN1S(C)(=O)=O. The van der Waals surface area contributed by atoms with Crippen LogP contribution in [0.15, 0.2) is 0 Å². The Kier molecular flexibility index (Phi) is 3.26. The van der Waals surface area contributed by atoms with Gasteiger partial charge in [0.2, 0.25) is 10.0 Å². The molecule has 4 nitrogen and oxygen atoms in total. The van der Waals surface area contributed by atoms with Gasteiger partial charge in [-0.25, -0.2) is 8.42 Å². The zero-order valence-corrected chi connectivity index (χ0v) is 10.6. The van der Waals surface area contributed by atoms with Gasteiger partial charge in [-0.3, -0.25) is 4.79 Å². The first kappa shape index (κ1) is 12.6. The third-order valence-corrected chi connectivity index (χ3v) is 4.09. The van der Waals surface area contributed by atoms with Gasteiger partial charge in [-0.2, -0.15) is 4.31 Å². The number of piperidine rings is 1. The van der Waals surface area contributed by atoms with Gasteiger partial charge in [-0.05, 0) is 5.41 Å². The van der Waals surface area contributed by atoms with Gasteiger partial charge in [-0.1, -0.05) is 20.8 Å². The van der Waals surface area contributed by atoms with Crippen LogP contribution < -0.4 is 0 Å². The van der Waals surface area contributed by atoms with E-state index in [1.165, 1.54) is 10.6 Å². The average molecular weight is 233 g/mol. The Labute approximate surface area is 91.7 Å². The van der Waals surface area contributed by atoms with Crippen LogP contribution in [0.1, 0.15) is 33.6 Å². The van der Waals surface area contributed by atoms with Crippen LogP contribution in [-0.4, -0.2) is 37.3 Å². The molecule has 0 saturated carbocycles. The van der Waals surface area contributed by atoms with E-state index in [-0.39, 0.29) is 17.2 Å². The average Bonchev–Trinajstić information content (AvgIpc) is 2.00. The van der Waals surface area contributed by atoms with Crippen LogP contribution >= 0.6 is 0 Å². The highest BCUT2D eigenvalue weighted by atomic mass is 32.2. The van der Waals surface area contributed by atoms with Crippen LogP contribution in [0.2, 0.25) is 0 Å². The zero-order chi connectivity index (χ0) is 11.9. The first-order valence-electron chi connectivity index (χ1n) is 5.11. The molecule has 0 aliphatic carbocycles. The second kappa shape index (κ2) is 3.87. The van der Waals surface area contributed by atoms with Crippen LogP contribution in [0.5, 0.6) is 0 Å². The molecule has 1 unspecified atom stereocenters. The number of hydrogen-bond acceptors (Lipinski definition) is 3. The number of sulfonamides is 1. The maximum atomic E-state index is 11.6. The maximum Gasteiger partial charge on any atom is 0.211 e. The topological polar surface area (TPSA) is 54.5 Å². The van der Waals surface area contributed by atoms with Crippen molar-refractivity contribution < 1.29 is 13.2 Å². The van der Waals surface area contributed by atoms with Crippen LogP contribution in [0.4, 0.5) is 0 Å². The molecular formula is C10H19NO3S. The van der Waals surface area contributed by atoms with E-state index in [1.807, 2.05) is 20.8 Å². The lowest BCUT2D eigenvalue weighted by atomic mass is 9.81. The molecule has 1 rings (SSSR count). The van der Waals surface area contributed by atoms with Crippen molar-refractivity contribution in [2.45, 2.75) is 39.7 Å². The molecule has 88 valence electrons. The summed E-state index contributed by atoms with van der Waals surface area (Å²) >= 11 is 0. The van der Waals surface area contributed by atoms with Crippen molar-refractivity contribution in [1.29, 1.82) is 0 Å². The van der Waals surface area contributed by atoms with E-state index in [4.69, 9.17) is 0 Å². The Bertz CT molecular complexity index is 353. The highest BCUT2D eigenvalue weighted by Gasteiger charge is 2.39. The van der Waals surface area contributed by atoms with Crippen LogP contribution in [0.25, 0.3) is 0 Å². The summed E-state index contributed by atoms with van der Waals surface area (Å²) in [6.45, 7) is 6.23. The lowest BCUT2D eigenvalue weighted by Crippen LogP contribution is -2.51. The summed E-state index contributed by atoms with van der Waals surface area (Å²) in [6.07, 6.45) is 1.90. The highest BCUT2D eigenvalue weighted by Crippen LogP contribution is 2.31. The Morgan fingerprint density at radius 3 is 2.27 bits per heavy atom. The number of carbonyl (C=O) groups is 1. The Morgan fingerprint density at radius 2 is 1.87 bits per heavy atom. The first-order valence-corrected chi connectivity index (χ1v) is 6.96. The normalized spacial score (nSPS) is 25.6. The fourth-order valence-corrected chi connectivity index (χ4v) is 3.22. The molecule has 0 radical (unpaired) electrons. The lowest BCUT2D eigenvalue weighted by Gasteiger charge is -2.41. The van der Waals surface area contributed by atoms with Gasteiger partial charge in [0.25, 0.3) is 0 Å². The van der Waals surface area contributed by atoms with Crippen LogP contribution in [0.3, 0.4) is 0 Å². The molecular weight excluding hydrogens is 214 g/mol. The van der Waals surface area contributed by atoms with Crippen molar-refractivity contribution in [1.82, 2.24) is 4.31 Å². The van der Waals surface area contributed by atoms with Gasteiger partial charge in [0.1, 0.15) is 5.78 Å². The number of Topliss-reactive ketones (excluding diaryl/α,β-unsaturated/α-hetero) is 1. The fraction of sp³-hybridized carbons (Fsp3) is 0.900. The van der Waals surface area contributed by atoms with E-state index in [1.54, 1.807) is 0 Å². The quantitative estimate of drug-likeness (QED) is 0.679. The van der Waals surface area contributed by atoms with Gasteiger partial charge >= 0.3 is 0 Å². The van der Waals surface area contributed by atoms with Gasteiger partial charge in [-0.15, -0.1) is 0 Å². The minimum absolute atomic E-state index is 0.162. The van der Waals surface area contributed by atoms with E-state index in [9.17, 15) is 13.2 Å². The molecule has 5 heteroatoms. The monoisotopic (exact) mass is 233 g/mol. The van der Waals surface area contributed by atoms with Crippen molar-refractivity contribution in [3.63, 3.8) is 0 Å². The van der Waals surface area contributed by atoms with Crippen molar-refractivity contribution >= 4 is 15.8 Å². The number of nitrogens with zero attached hydrogens (tertiary/aromatic N) is 1. The molecule has 0 N–H and O–H groups in total. The van der Waals surface area contributed by atoms with E-state index in [0.717, 1.165) is 0 Å². The van der Waals surface area contributed by atoms with Gasteiger partial charge in [0.05, 0.1) is 6.26 Å². The van der Waals surface area contributed by atoms with E-state index >= 15 is 0 Å². The summed E-state index contributed by atoms with van der Waals surface area (Å²) in [6, 6.07) is -0.200. The predicted molar refractivity (Wildman–Crippen MR) is 59.0 cm³/mol. The smallest absolute Gasteiger partial charge is 0.211 e. The predicted octanol–water partition coefficient (Wildman–Crippen LogP) is 1.03. The molecule has 1 saturated heterocycles. The number of hydrogen-bond donors (Lipinski definition) is 0. The van der Waals surface area contributed by atoms with Crippen molar-refractivity contribution in [2.24, 2.45) is 5.41 Å². The molecule has 0 aromatic carbocycles.